The van der Waals surface area contributed by atoms with Gasteiger partial charge in [-0.15, -0.1) is 0 Å². The number of methoxy groups -OCH3 is 1. The van der Waals surface area contributed by atoms with Gasteiger partial charge in [0.1, 0.15) is 11.6 Å². The normalized spacial score (nSPS) is 16.8. The highest BCUT2D eigenvalue weighted by atomic mass is 16.5. The second-order valence-corrected chi connectivity index (χ2v) is 6.92. The molecule has 3 heterocycles. The summed E-state index contributed by atoms with van der Waals surface area (Å²) in [6, 6.07) is 8.61. The molecule has 0 N–H and O–H groups in total. The van der Waals surface area contributed by atoms with Crippen molar-refractivity contribution in [1.82, 2.24) is 19.6 Å². The summed E-state index contributed by atoms with van der Waals surface area (Å²) in [5.74, 6) is 0.965. The molecule has 1 aliphatic rings. The molecular formula is C20H22N4O4. The number of aryl methyl sites for hydroxylation is 1. The Balaban J connectivity index is 1.80. The van der Waals surface area contributed by atoms with E-state index in [1.54, 1.807) is 35.6 Å². The molecule has 2 aromatic heterocycles. The minimum atomic E-state index is -0.293. The number of amides is 1. The summed E-state index contributed by atoms with van der Waals surface area (Å²) >= 11 is 0. The highest BCUT2D eigenvalue weighted by molar-refractivity contribution is 5.92. The quantitative estimate of drug-likeness (QED) is 0.673. The highest BCUT2D eigenvalue weighted by Gasteiger charge is 2.35. The fourth-order valence-corrected chi connectivity index (χ4v) is 3.73. The zero-order chi connectivity index (χ0) is 19.7. The van der Waals surface area contributed by atoms with E-state index < -0.39 is 0 Å². The van der Waals surface area contributed by atoms with Crippen molar-refractivity contribution in [3.63, 3.8) is 0 Å². The van der Waals surface area contributed by atoms with Gasteiger partial charge in [0.25, 0.3) is 11.5 Å². The number of hydrogen-bond donors (Lipinski definition) is 0. The van der Waals surface area contributed by atoms with E-state index in [1.807, 2.05) is 18.2 Å². The summed E-state index contributed by atoms with van der Waals surface area (Å²) in [4.78, 5) is 32.6. The molecule has 0 saturated carbocycles. The first kappa shape index (κ1) is 18.4. The third kappa shape index (κ3) is 3.20. The third-order valence-corrected chi connectivity index (χ3v) is 5.07. The maximum Gasteiger partial charge on any atom is 0.276 e. The van der Waals surface area contributed by atoms with Gasteiger partial charge in [-0.1, -0.05) is 17.3 Å². The fraction of sp³-hybridized carbons (Fsp3) is 0.400. The first-order valence-electron chi connectivity index (χ1n) is 9.33. The van der Waals surface area contributed by atoms with Gasteiger partial charge in [-0.2, -0.15) is 0 Å². The van der Waals surface area contributed by atoms with Crippen molar-refractivity contribution in [2.24, 2.45) is 0 Å². The van der Waals surface area contributed by atoms with Gasteiger partial charge in [-0.05, 0) is 31.9 Å². The lowest BCUT2D eigenvalue weighted by Gasteiger charge is -2.26. The molecular weight excluding hydrogens is 360 g/mol. The number of nitrogens with zero attached hydrogens (tertiary/aromatic N) is 4. The zero-order valence-corrected chi connectivity index (χ0v) is 15.9. The number of fused-ring (bicyclic) bond motifs is 1. The van der Waals surface area contributed by atoms with E-state index in [1.165, 1.54) is 0 Å². The van der Waals surface area contributed by atoms with E-state index >= 15 is 0 Å². The van der Waals surface area contributed by atoms with E-state index in [0.29, 0.717) is 42.2 Å². The van der Waals surface area contributed by atoms with Gasteiger partial charge in [-0.25, -0.2) is 4.98 Å². The van der Waals surface area contributed by atoms with E-state index in [0.717, 1.165) is 12.8 Å². The minimum Gasteiger partial charge on any atom is -0.383 e. The van der Waals surface area contributed by atoms with Crippen LogP contribution in [0.1, 0.15) is 41.0 Å². The standard InChI is InChI=1S/C20H22N4O4/c1-13-12-16(22-28-13)20(26)23-9-5-8-17(23)18-21-15-7-4-3-6-14(15)19(25)24(18)10-11-27-2/h3-4,6-7,12,17H,5,8-11H2,1-2H3. The second-order valence-electron chi connectivity index (χ2n) is 6.92. The molecule has 1 unspecified atom stereocenters. The molecule has 1 aliphatic heterocycles. The van der Waals surface area contributed by atoms with Crippen LogP contribution in [0.3, 0.4) is 0 Å². The predicted octanol–water partition coefficient (Wildman–Crippen LogP) is 2.32. The topological polar surface area (TPSA) is 90.5 Å². The van der Waals surface area contributed by atoms with Crippen LogP contribution in [0.5, 0.6) is 0 Å². The van der Waals surface area contributed by atoms with Crippen molar-refractivity contribution < 1.29 is 14.1 Å². The predicted molar refractivity (Wildman–Crippen MR) is 102 cm³/mol. The summed E-state index contributed by atoms with van der Waals surface area (Å²) in [5, 5.41) is 4.41. The van der Waals surface area contributed by atoms with E-state index in [-0.39, 0.29) is 23.2 Å². The average Bonchev–Trinajstić information content (AvgIpc) is 3.36. The van der Waals surface area contributed by atoms with Crippen LogP contribution in [-0.4, -0.2) is 45.8 Å². The van der Waals surface area contributed by atoms with Crippen LogP contribution < -0.4 is 5.56 Å². The Labute approximate surface area is 161 Å². The monoisotopic (exact) mass is 382 g/mol. The number of carbonyl (C=O) groups is 1. The van der Waals surface area contributed by atoms with E-state index in [9.17, 15) is 9.59 Å². The maximum absolute atomic E-state index is 13.1. The van der Waals surface area contributed by atoms with Crippen molar-refractivity contribution >= 4 is 16.8 Å². The van der Waals surface area contributed by atoms with Crippen molar-refractivity contribution in [3.05, 3.63) is 58.0 Å². The molecule has 146 valence electrons. The highest BCUT2D eigenvalue weighted by Crippen LogP contribution is 2.32. The molecule has 8 heteroatoms. The lowest BCUT2D eigenvalue weighted by Crippen LogP contribution is -2.36. The third-order valence-electron chi connectivity index (χ3n) is 5.07. The lowest BCUT2D eigenvalue weighted by atomic mass is 10.1. The number of hydrogen-bond acceptors (Lipinski definition) is 6. The molecule has 1 fully saturated rings. The molecule has 1 aromatic carbocycles. The molecule has 8 nitrogen and oxygen atoms in total. The number of carbonyl (C=O) groups excluding carboxylic acids is 1. The van der Waals surface area contributed by atoms with Crippen LogP contribution >= 0.6 is 0 Å². The second kappa shape index (κ2) is 7.55. The van der Waals surface area contributed by atoms with Gasteiger partial charge in [0.15, 0.2) is 5.69 Å². The number of para-hydroxylation sites is 1. The Morgan fingerprint density at radius 1 is 1.36 bits per heavy atom. The largest absolute Gasteiger partial charge is 0.383 e. The van der Waals surface area contributed by atoms with Crippen molar-refractivity contribution in [1.29, 1.82) is 0 Å². The Morgan fingerprint density at radius 3 is 2.93 bits per heavy atom. The zero-order valence-electron chi connectivity index (χ0n) is 15.9. The molecule has 4 rings (SSSR count). The molecule has 0 bridgehead atoms. The van der Waals surface area contributed by atoms with Gasteiger partial charge >= 0.3 is 0 Å². The van der Waals surface area contributed by atoms with Gasteiger partial charge < -0.3 is 14.2 Å². The van der Waals surface area contributed by atoms with Crippen LogP contribution in [0.15, 0.2) is 39.6 Å². The molecule has 1 saturated heterocycles. The minimum absolute atomic E-state index is 0.116. The molecule has 1 atom stereocenters. The first-order chi connectivity index (χ1) is 13.6. The van der Waals surface area contributed by atoms with Gasteiger partial charge in [0.2, 0.25) is 0 Å². The van der Waals surface area contributed by atoms with Crippen LogP contribution in [0.25, 0.3) is 10.9 Å². The number of likely N-dealkylation sites (tertiary alicyclic amines) is 1. The fourth-order valence-electron chi connectivity index (χ4n) is 3.73. The molecule has 0 spiro atoms. The maximum atomic E-state index is 13.1. The Bertz CT molecular complexity index is 1070. The van der Waals surface area contributed by atoms with Gasteiger partial charge in [0.05, 0.1) is 30.1 Å². The van der Waals surface area contributed by atoms with Crippen LogP contribution in [0.4, 0.5) is 0 Å². The van der Waals surface area contributed by atoms with Crippen LogP contribution in [0.2, 0.25) is 0 Å². The number of rotatable bonds is 5. The number of benzene rings is 1. The van der Waals surface area contributed by atoms with Crippen molar-refractivity contribution in [3.8, 4) is 0 Å². The Kier molecular flexibility index (Phi) is 4.95. The number of ether oxygens (including phenoxy) is 1. The molecule has 0 aliphatic carbocycles. The van der Waals surface area contributed by atoms with Crippen LogP contribution in [0, 0.1) is 6.92 Å². The van der Waals surface area contributed by atoms with Crippen molar-refractivity contribution in [2.45, 2.75) is 32.4 Å². The van der Waals surface area contributed by atoms with E-state index in [4.69, 9.17) is 14.2 Å². The SMILES string of the molecule is COCCn1c(C2CCCN2C(=O)c2cc(C)on2)nc2ccccc2c1=O. The average molecular weight is 382 g/mol. The lowest BCUT2D eigenvalue weighted by molar-refractivity contribution is 0.0714. The summed E-state index contributed by atoms with van der Waals surface area (Å²) < 4.78 is 11.9. The summed E-state index contributed by atoms with van der Waals surface area (Å²) in [6.07, 6.45) is 1.57. The van der Waals surface area contributed by atoms with E-state index in [2.05, 4.69) is 5.16 Å². The molecule has 0 radical (unpaired) electrons. The number of aromatic nitrogens is 3. The molecule has 3 aromatic rings. The molecule has 1 amide bonds. The molecule has 28 heavy (non-hydrogen) atoms. The smallest absolute Gasteiger partial charge is 0.276 e. The van der Waals surface area contributed by atoms with Crippen LogP contribution in [-0.2, 0) is 11.3 Å². The summed E-state index contributed by atoms with van der Waals surface area (Å²) in [5.41, 5.74) is 0.790. The summed E-state index contributed by atoms with van der Waals surface area (Å²) in [7, 11) is 1.59. The van der Waals surface area contributed by atoms with Gasteiger partial charge in [0, 0.05) is 19.7 Å². The van der Waals surface area contributed by atoms with Crippen molar-refractivity contribution in [2.75, 3.05) is 20.3 Å². The Morgan fingerprint density at radius 2 is 2.18 bits per heavy atom. The summed E-state index contributed by atoms with van der Waals surface area (Å²) in [6.45, 7) is 3.10. The first-order valence-corrected chi connectivity index (χ1v) is 9.33. The Hall–Kier alpha value is -3.00. The van der Waals surface area contributed by atoms with Gasteiger partial charge in [-0.3, -0.25) is 14.2 Å².